The molecule has 2 rings (SSSR count). The van der Waals surface area contributed by atoms with Crippen LogP contribution >= 0.6 is 11.3 Å². The summed E-state index contributed by atoms with van der Waals surface area (Å²) in [6, 6.07) is 0. The lowest BCUT2D eigenvalue weighted by atomic mass is 10.1. The van der Waals surface area contributed by atoms with E-state index in [9.17, 15) is 0 Å². The zero-order chi connectivity index (χ0) is 7.90. The van der Waals surface area contributed by atoms with E-state index >= 15 is 0 Å². The van der Waals surface area contributed by atoms with Gasteiger partial charge < -0.3 is 5.73 Å². The normalized spacial score (nSPS) is 20.1. The first kappa shape index (κ1) is 7.03. The van der Waals surface area contributed by atoms with E-state index in [1.54, 1.807) is 0 Å². The van der Waals surface area contributed by atoms with Gasteiger partial charge in [-0.15, -0.1) is 10.2 Å². The van der Waals surface area contributed by atoms with Gasteiger partial charge in [0.05, 0.1) is 0 Å². The maximum Gasteiger partial charge on any atom is 0.203 e. The number of nitrogens with two attached hydrogens (primary N) is 1. The molecule has 0 aromatic carbocycles. The molecule has 1 heterocycles. The van der Waals surface area contributed by atoms with Gasteiger partial charge in [-0.2, -0.15) is 0 Å². The fraction of sp³-hybridized carbons (Fsp3) is 0.714. The van der Waals surface area contributed by atoms with Crippen LogP contribution in [0.3, 0.4) is 0 Å². The highest BCUT2D eigenvalue weighted by atomic mass is 32.1. The van der Waals surface area contributed by atoms with E-state index in [-0.39, 0.29) is 0 Å². The summed E-state index contributed by atoms with van der Waals surface area (Å²) in [4.78, 5) is 0. The van der Waals surface area contributed by atoms with Crippen LogP contribution in [-0.2, 0) is 5.41 Å². The monoisotopic (exact) mass is 169 g/mol. The van der Waals surface area contributed by atoms with E-state index in [4.69, 9.17) is 5.73 Å². The van der Waals surface area contributed by atoms with Gasteiger partial charge in [0.15, 0.2) is 0 Å². The summed E-state index contributed by atoms with van der Waals surface area (Å²) >= 11 is 1.54. The molecule has 1 aliphatic rings. The minimum atomic E-state index is 0.370. The molecule has 0 spiro atoms. The van der Waals surface area contributed by atoms with Crippen LogP contribution in [0.1, 0.15) is 31.2 Å². The van der Waals surface area contributed by atoms with Crippen molar-refractivity contribution < 1.29 is 0 Å². The molecule has 0 bridgehead atoms. The van der Waals surface area contributed by atoms with Gasteiger partial charge in [0.2, 0.25) is 5.13 Å². The molecule has 1 aromatic heterocycles. The second-order valence-corrected chi connectivity index (χ2v) is 4.09. The maximum absolute atomic E-state index is 5.50. The molecular weight excluding hydrogens is 158 g/mol. The first-order valence-electron chi connectivity index (χ1n) is 3.86. The van der Waals surface area contributed by atoms with Gasteiger partial charge in [0.25, 0.3) is 0 Å². The third-order valence-electron chi connectivity index (χ3n) is 2.42. The largest absolute Gasteiger partial charge is 0.374 e. The summed E-state index contributed by atoms with van der Waals surface area (Å²) in [7, 11) is 0. The van der Waals surface area contributed by atoms with Crippen LogP contribution in [0.4, 0.5) is 5.13 Å². The lowest BCUT2D eigenvalue weighted by Gasteiger charge is -2.04. The SMILES string of the molecule is CCC1(c2nnc(N)s2)CC1. The Morgan fingerprint density at radius 2 is 2.27 bits per heavy atom. The lowest BCUT2D eigenvalue weighted by molar-refractivity contribution is 0.649. The van der Waals surface area contributed by atoms with Crippen LogP contribution in [0.2, 0.25) is 0 Å². The Hall–Kier alpha value is -0.640. The summed E-state index contributed by atoms with van der Waals surface area (Å²) < 4.78 is 0. The van der Waals surface area contributed by atoms with E-state index in [2.05, 4.69) is 17.1 Å². The van der Waals surface area contributed by atoms with Crippen LogP contribution in [-0.4, -0.2) is 10.2 Å². The summed E-state index contributed by atoms with van der Waals surface area (Å²) in [6.45, 7) is 2.20. The van der Waals surface area contributed by atoms with Crippen LogP contribution in [0.25, 0.3) is 0 Å². The third-order valence-corrected chi connectivity index (χ3v) is 3.42. The summed E-state index contributed by atoms with van der Waals surface area (Å²) in [5.41, 5.74) is 5.87. The Bertz CT molecular complexity index is 264. The van der Waals surface area contributed by atoms with Crippen molar-refractivity contribution in [3.05, 3.63) is 5.01 Å². The van der Waals surface area contributed by atoms with Crippen LogP contribution in [0.15, 0.2) is 0 Å². The molecule has 0 saturated heterocycles. The number of anilines is 1. The molecule has 0 unspecified atom stereocenters. The van der Waals surface area contributed by atoms with Crippen molar-refractivity contribution in [3.8, 4) is 0 Å². The summed E-state index contributed by atoms with van der Waals surface area (Å²) in [5.74, 6) is 0. The summed E-state index contributed by atoms with van der Waals surface area (Å²) in [6.07, 6.45) is 3.69. The molecule has 1 fully saturated rings. The number of nitrogens with zero attached hydrogens (tertiary/aromatic N) is 2. The standard InChI is InChI=1S/C7H11N3S/c1-2-7(3-4-7)5-9-10-6(8)11-5/h2-4H2,1H3,(H2,8,10). The number of aromatic nitrogens is 2. The van der Waals surface area contributed by atoms with E-state index < -0.39 is 0 Å². The molecule has 2 N–H and O–H groups in total. The van der Waals surface area contributed by atoms with Crippen LogP contribution in [0.5, 0.6) is 0 Å². The van der Waals surface area contributed by atoms with Gasteiger partial charge in [-0.25, -0.2) is 0 Å². The molecule has 0 aliphatic heterocycles. The minimum Gasteiger partial charge on any atom is -0.374 e. The molecule has 1 aromatic rings. The Morgan fingerprint density at radius 3 is 2.64 bits per heavy atom. The van der Waals surface area contributed by atoms with Gasteiger partial charge >= 0.3 is 0 Å². The van der Waals surface area contributed by atoms with Crippen molar-refractivity contribution in [1.82, 2.24) is 10.2 Å². The van der Waals surface area contributed by atoms with Gasteiger partial charge in [-0.05, 0) is 19.3 Å². The van der Waals surface area contributed by atoms with Crippen LogP contribution < -0.4 is 5.73 Å². The number of rotatable bonds is 2. The predicted molar refractivity (Wildman–Crippen MR) is 45.5 cm³/mol. The first-order chi connectivity index (χ1) is 5.27. The summed E-state index contributed by atoms with van der Waals surface area (Å²) in [5, 5.41) is 9.62. The van der Waals surface area contributed by atoms with E-state index in [1.165, 1.54) is 30.6 Å². The fourth-order valence-electron chi connectivity index (χ4n) is 1.32. The van der Waals surface area contributed by atoms with Crippen molar-refractivity contribution in [1.29, 1.82) is 0 Å². The van der Waals surface area contributed by atoms with Crippen molar-refractivity contribution in [2.45, 2.75) is 31.6 Å². The minimum absolute atomic E-state index is 0.370. The van der Waals surface area contributed by atoms with Crippen molar-refractivity contribution in [2.75, 3.05) is 5.73 Å². The van der Waals surface area contributed by atoms with E-state index in [0.717, 1.165) is 5.01 Å². The number of nitrogen functional groups attached to an aromatic ring is 1. The molecule has 0 radical (unpaired) electrons. The van der Waals surface area contributed by atoms with Crippen LogP contribution in [0, 0.1) is 0 Å². The highest BCUT2D eigenvalue weighted by Gasteiger charge is 2.45. The average Bonchev–Trinajstić information content (AvgIpc) is 2.70. The molecule has 1 aliphatic carbocycles. The highest BCUT2D eigenvalue weighted by molar-refractivity contribution is 7.15. The third kappa shape index (κ3) is 1.01. The van der Waals surface area contributed by atoms with Crippen molar-refractivity contribution >= 4 is 16.5 Å². The van der Waals surface area contributed by atoms with Crippen molar-refractivity contribution in [2.24, 2.45) is 0 Å². The molecule has 11 heavy (non-hydrogen) atoms. The smallest absolute Gasteiger partial charge is 0.203 e. The Labute approximate surface area is 69.6 Å². The number of hydrogen-bond acceptors (Lipinski definition) is 4. The van der Waals surface area contributed by atoms with Gasteiger partial charge in [-0.1, -0.05) is 18.3 Å². The second kappa shape index (κ2) is 2.17. The Morgan fingerprint density at radius 1 is 1.55 bits per heavy atom. The fourth-order valence-corrected chi connectivity index (χ4v) is 2.24. The maximum atomic E-state index is 5.50. The molecule has 0 atom stereocenters. The average molecular weight is 169 g/mol. The molecule has 0 amide bonds. The predicted octanol–water partition coefficient (Wildman–Crippen LogP) is 1.56. The first-order valence-corrected chi connectivity index (χ1v) is 4.68. The quantitative estimate of drug-likeness (QED) is 0.731. The van der Waals surface area contributed by atoms with E-state index in [0.29, 0.717) is 10.5 Å². The lowest BCUT2D eigenvalue weighted by Crippen LogP contribution is -2.02. The molecule has 1 saturated carbocycles. The molecule has 4 heteroatoms. The number of hydrogen-bond donors (Lipinski definition) is 1. The second-order valence-electron chi connectivity index (χ2n) is 3.08. The molecule has 3 nitrogen and oxygen atoms in total. The zero-order valence-electron chi connectivity index (χ0n) is 6.50. The topological polar surface area (TPSA) is 51.8 Å². The Balaban J connectivity index is 2.29. The van der Waals surface area contributed by atoms with Gasteiger partial charge in [0, 0.05) is 5.41 Å². The highest BCUT2D eigenvalue weighted by Crippen LogP contribution is 2.51. The zero-order valence-corrected chi connectivity index (χ0v) is 7.32. The van der Waals surface area contributed by atoms with E-state index in [1.807, 2.05) is 0 Å². The molecule has 60 valence electrons. The molecular formula is C7H11N3S. The van der Waals surface area contributed by atoms with Gasteiger partial charge in [-0.3, -0.25) is 0 Å². The Kier molecular flexibility index (Phi) is 1.39. The van der Waals surface area contributed by atoms with Crippen molar-refractivity contribution in [3.63, 3.8) is 0 Å². The van der Waals surface area contributed by atoms with Gasteiger partial charge in [0.1, 0.15) is 5.01 Å².